The SMILES string of the molecule is COc1ccc(CC(=O)N[C@H](c2ccccc2)c2ccc(Cl)cc2)cc1. The van der Waals surface area contributed by atoms with Crippen molar-refractivity contribution in [1.82, 2.24) is 5.32 Å². The van der Waals surface area contributed by atoms with Crippen molar-refractivity contribution in [1.29, 1.82) is 0 Å². The average molecular weight is 366 g/mol. The third-order valence-electron chi connectivity index (χ3n) is 4.17. The maximum atomic E-state index is 12.6. The number of nitrogens with one attached hydrogen (secondary N) is 1. The van der Waals surface area contributed by atoms with Gasteiger partial charge in [0.05, 0.1) is 19.6 Å². The van der Waals surface area contributed by atoms with Gasteiger partial charge in [0.25, 0.3) is 0 Å². The summed E-state index contributed by atoms with van der Waals surface area (Å²) in [7, 11) is 1.62. The molecule has 0 aliphatic heterocycles. The van der Waals surface area contributed by atoms with Gasteiger partial charge in [0.2, 0.25) is 5.91 Å². The third kappa shape index (κ3) is 4.64. The predicted octanol–water partition coefficient (Wildman–Crippen LogP) is 4.80. The molecule has 0 spiro atoms. The molecule has 0 aliphatic carbocycles. The van der Waals surface area contributed by atoms with Gasteiger partial charge < -0.3 is 10.1 Å². The molecule has 0 radical (unpaired) electrons. The lowest BCUT2D eigenvalue weighted by atomic mass is 9.98. The number of methoxy groups -OCH3 is 1. The molecule has 0 saturated carbocycles. The molecule has 1 N–H and O–H groups in total. The van der Waals surface area contributed by atoms with Crippen LogP contribution in [0, 0.1) is 0 Å². The number of amides is 1. The first-order valence-electron chi connectivity index (χ1n) is 8.38. The zero-order valence-electron chi connectivity index (χ0n) is 14.5. The predicted molar refractivity (Wildman–Crippen MR) is 105 cm³/mol. The largest absolute Gasteiger partial charge is 0.497 e. The zero-order chi connectivity index (χ0) is 18.4. The molecule has 1 atom stereocenters. The molecule has 3 rings (SSSR count). The van der Waals surface area contributed by atoms with Crippen LogP contribution in [0.1, 0.15) is 22.7 Å². The molecule has 0 heterocycles. The van der Waals surface area contributed by atoms with Crippen LogP contribution in [-0.4, -0.2) is 13.0 Å². The van der Waals surface area contributed by atoms with Crippen molar-refractivity contribution >= 4 is 17.5 Å². The molecule has 0 aromatic heterocycles. The van der Waals surface area contributed by atoms with Gasteiger partial charge in [-0.2, -0.15) is 0 Å². The van der Waals surface area contributed by atoms with Gasteiger partial charge in [-0.15, -0.1) is 0 Å². The summed E-state index contributed by atoms with van der Waals surface area (Å²) in [6.07, 6.45) is 0.306. The van der Waals surface area contributed by atoms with Gasteiger partial charge >= 0.3 is 0 Å². The first-order chi connectivity index (χ1) is 12.7. The van der Waals surface area contributed by atoms with E-state index in [1.807, 2.05) is 78.9 Å². The number of hydrogen-bond donors (Lipinski definition) is 1. The van der Waals surface area contributed by atoms with E-state index < -0.39 is 0 Å². The Hall–Kier alpha value is -2.78. The van der Waals surface area contributed by atoms with Gasteiger partial charge in [0.1, 0.15) is 5.75 Å². The summed E-state index contributed by atoms with van der Waals surface area (Å²) in [5, 5.41) is 3.80. The fraction of sp³-hybridized carbons (Fsp3) is 0.136. The molecule has 3 aromatic carbocycles. The fourth-order valence-corrected chi connectivity index (χ4v) is 2.93. The molecule has 0 unspecified atom stereocenters. The molecule has 26 heavy (non-hydrogen) atoms. The zero-order valence-corrected chi connectivity index (χ0v) is 15.2. The second kappa shape index (κ2) is 8.54. The van der Waals surface area contributed by atoms with Gasteiger partial charge in [0.15, 0.2) is 0 Å². The Kier molecular flexibility index (Phi) is 5.92. The lowest BCUT2D eigenvalue weighted by Crippen LogP contribution is -2.30. The summed E-state index contributed by atoms with van der Waals surface area (Å²) in [5.74, 6) is 0.733. The number of ether oxygens (including phenoxy) is 1. The number of hydrogen-bond acceptors (Lipinski definition) is 2. The number of carbonyl (C=O) groups excluding carboxylic acids is 1. The molecule has 0 fully saturated rings. The Bertz CT molecular complexity index is 846. The quantitative estimate of drug-likeness (QED) is 0.681. The van der Waals surface area contributed by atoms with Crippen LogP contribution in [0.5, 0.6) is 5.75 Å². The van der Waals surface area contributed by atoms with Crippen molar-refractivity contribution in [3.63, 3.8) is 0 Å². The van der Waals surface area contributed by atoms with Gasteiger partial charge in [-0.25, -0.2) is 0 Å². The Morgan fingerprint density at radius 2 is 1.54 bits per heavy atom. The van der Waals surface area contributed by atoms with E-state index in [1.54, 1.807) is 7.11 Å². The summed E-state index contributed by atoms with van der Waals surface area (Å²) < 4.78 is 5.15. The van der Waals surface area contributed by atoms with Gasteiger partial charge in [-0.1, -0.05) is 66.2 Å². The highest BCUT2D eigenvalue weighted by molar-refractivity contribution is 6.30. The minimum atomic E-state index is -0.223. The maximum absolute atomic E-state index is 12.6. The van der Waals surface area contributed by atoms with Gasteiger partial charge in [-0.3, -0.25) is 4.79 Å². The van der Waals surface area contributed by atoms with E-state index in [9.17, 15) is 4.79 Å². The van der Waals surface area contributed by atoms with Gasteiger partial charge in [0, 0.05) is 5.02 Å². The van der Waals surface area contributed by atoms with E-state index in [-0.39, 0.29) is 11.9 Å². The molecule has 4 heteroatoms. The van der Waals surface area contributed by atoms with E-state index in [1.165, 1.54) is 0 Å². The second-order valence-corrected chi connectivity index (χ2v) is 6.42. The minimum Gasteiger partial charge on any atom is -0.497 e. The first kappa shape index (κ1) is 18.0. The fourth-order valence-electron chi connectivity index (χ4n) is 2.80. The van der Waals surface area contributed by atoms with Crippen LogP contribution in [0.3, 0.4) is 0 Å². The summed E-state index contributed by atoms with van der Waals surface area (Å²) >= 11 is 6.00. The molecule has 3 nitrogen and oxygen atoms in total. The van der Waals surface area contributed by atoms with E-state index in [0.29, 0.717) is 11.4 Å². The first-order valence-corrected chi connectivity index (χ1v) is 8.76. The van der Waals surface area contributed by atoms with Crippen LogP contribution in [0.4, 0.5) is 0 Å². The lowest BCUT2D eigenvalue weighted by Gasteiger charge is -2.20. The van der Waals surface area contributed by atoms with Crippen molar-refractivity contribution in [2.45, 2.75) is 12.5 Å². The summed E-state index contributed by atoms with van der Waals surface area (Å²) in [5.41, 5.74) is 2.95. The van der Waals surface area contributed by atoms with E-state index >= 15 is 0 Å². The van der Waals surface area contributed by atoms with E-state index in [4.69, 9.17) is 16.3 Å². The number of carbonyl (C=O) groups is 1. The molecular formula is C22H20ClNO2. The van der Waals surface area contributed by atoms with Gasteiger partial charge in [-0.05, 0) is 41.0 Å². The second-order valence-electron chi connectivity index (χ2n) is 5.99. The van der Waals surface area contributed by atoms with E-state index in [2.05, 4.69) is 5.32 Å². The summed E-state index contributed by atoms with van der Waals surface area (Å²) in [4.78, 5) is 12.6. The molecule has 0 aliphatic rings. The van der Waals surface area contributed by atoms with Crippen LogP contribution < -0.4 is 10.1 Å². The van der Waals surface area contributed by atoms with Crippen LogP contribution in [0.25, 0.3) is 0 Å². The third-order valence-corrected chi connectivity index (χ3v) is 4.42. The lowest BCUT2D eigenvalue weighted by molar-refractivity contribution is -0.120. The Labute approximate surface area is 158 Å². The van der Waals surface area contributed by atoms with Crippen LogP contribution >= 0.6 is 11.6 Å². The summed E-state index contributed by atoms with van der Waals surface area (Å²) in [6.45, 7) is 0. The number of rotatable bonds is 6. The number of halogens is 1. The van der Waals surface area contributed by atoms with Crippen molar-refractivity contribution in [3.8, 4) is 5.75 Å². The highest BCUT2D eigenvalue weighted by atomic mass is 35.5. The molecule has 132 valence electrons. The Balaban J connectivity index is 1.78. The normalized spacial score (nSPS) is 11.6. The monoisotopic (exact) mass is 365 g/mol. The topological polar surface area (TPSA) is 38.3 Å². The van der Waals surface area contributed by atoms with Crippen LogP contribution in [0.2, 0.25) is 5.02 Å². The highest BCUT2D eigenvalue weighted by Gasteiger charge is 2.17. The molecule has 0 saturated heterocycles. The van der Waals surface area contributed by atoms with Crippen molar-refractivity contribution < 1.29 is 9.53 Å². The molecule has 3 aromatic rings. The Morgan fingerprint density at radius 3 is 2.15 bits per heavy atom. The number of benzene rings is 3. The van der Waals surface area contributed by atoms with Crippen LogP contribution in [-0.2, 0) is 11.2 Å². The van der Waals surface area contributed by atoms with Crippen molar-refractivity contribution in [3.05, 3.63) is 101 Å². The van der Waals surface area contributed by atoms with Crippen molar-refractivity contribution in [2.24, 2.45) is 0 Å². The van der Waals surface area contributed by atoms with E-state index in [0.717, 1.165) is 22.4 Å². The molecule has 0 bridgehead atoms. The standard InChI is InChI=1S/C22H20ClNO2/c1-26-20-13-7-16(8-14-20)15-21(25)24-22(17-5-3-2-4-6-17)18-9-11-19(23)12-10-18/h2-14,22H,15H2,1H3,(H,24,25)/t22-/m1/s1. The van der Waals surface area contributed by atoms with Crippen LogP contribution in [0.15, 0.2) is 78.9 Å². The average Bonchev–Trinajstić information content (AvgIpc) is 2.68. The Morgan fingerprint density at radius 1 is 0.923 bits per heavy atom. The minimum absolute atomic E-state index is 0.0426. The van der Waals surface area contributed by atoms with Crippen molar-refractivity contribution in [2.75, 3.05) is 7.11 Å². The highest BCUT2D eigenvalue weighted by Crippen LogP contribution is 2.24. The maximum Gasteiger partial charge on any atom is 0.225 e. The molecular weight excluding hydrogens is 346 g/mol. The molecule has 1 amide bonds. The smallest absolute Gasteiger partial charge is 0.225 e. The summed E-state index contributed by atoms with van der Waals surface area (Å²) in [6, 6.07) is 24.7.